The molecule has 0 spiro atoms. The molecule has 0 saturated heterocycles. The van der Waals surface area contributed by atoms with Crippen molar-refractivity contribution in [3.8, 4) is 0 Å². The molecule has 3 fully saturated rings. The zero-order valence-electron chi connectivity index (χ0n) is 32.9. The molecule has 4 rings (SSSR count). The second kappa shape index (κ2) is 20.3. The van der Waals surface area contributed by atoms with Crippen molar-refractivity contribution in [3.05, 3.63) is 60.3 Å². The van der Waals surface area contributed by atoms with Gasteiger partial charge in [-0.15, -0.1) is 0 Å². The molecule has 49 heavy (non-hydrogen) atoms. The van der Waals surface area contributed by atoms with E-state index in [2.05, 4.69) is 96.2 Å². The third kappa shape index (κ3) is 11.3. The van der Waals surface area contributed by atoms with E-state index in [1.807, 2.05) is 0 Å². The first-order valence-electron chi connectivity index (χ1n) is 21.2. The van der Waals surface area contributed by atoms with Crippen LogP contribution in [0.25, 0.3) is 0 Å². The SMILES string of the molecule is CCCCC/C=C\C/C=C\C/C=C\C/C=C\CCCC(=O)O[C@H]1CC[C@@]2(C)C(=CCC3C4CCC([C@H](C)CCCC(C)C)[C@@]4(C)CCC32)C1. The number of carbonyl (C=O) groups is 1. The number of esters is 1. The largest absolute Gasteiger partial charge is 0.462 e. The first kappa shape index (κ1) is 39.9. The van der Waals surface area contributed by atoms with Crippen LogP contribution in [0.15, 0.2) is 60.3 Å². The lowest BCUT2D eigenvalue weighted by Gasteiger charge is -2.58. The van der Waals surface area contributed by atoms with E-state index in [0.29, 0.717) is 17.3 Å². The first-order chi connectivity index (χ1) is 23.7. The Morgan fingerprint density at radius 1 is 0.796 bits per heavy atom. The Bertz CT molecular complexity index is 1140. The van der Waals surface area contributed by atoms with Crippen molar-refractivity contribution in [1.29, 1.82) is 0 Å². The standard InChI is InChI=1S/C47H76O2/c1-7-8-9-10-11-12-13-14-15-16-17-18-19-20-21-22-23-27-45(48)49-40-32-34-46(5)39(36-40)28-29-41-43-31-30-42(38(4)26-24-25-37(2)3)47(43,6)35-33-44(41)46/h11-12,14-15,17-18,20-21,28,37-38,40-44H,7-10,13,16,19,22-27,29-36H2,1-6H3/b12-11-,15-14-,18-17-,21-20-/t38-,40+,41?,42?,43?,44?,46+,47-/m1/s1. The van der Waals surface area contributed by atoms with Crippen molar-refractivity contribution in [2.24, 2.45) is 46.3 Å². The van der Waals surface area contributed by atoms with E-state index in [1.165, 1.54) is 83.5 Å². The molecule has 8 atom stereocenters. The quantitative estimate of drug-likeness (QED) is 0.0731. The van der Waals surface area contributed by atoms with Crippen LogP contribution >= 0.6 is 0 Å². The predicted molar refractivity (Wildman–Crippen MR) is 211 cm³/mol. The van der Waals surface area contributed by atoms with Crippen molar-refractivity contribution in [2.75, 3.05) is 0 Å². The molecule has 3 saturated carbocycles. The van der Waals surface area contributed by atoms with Gasteiger partial charge < -0.3 is 4.74 Å². The van der Waals surface area contributed by atoms with Gasteiger partial charge in [0.15, 0.2) is 0 Å². The Kier molecular flexibility index (Phi) is 16.5. The third-order valence-electron chi connectivity index (χ3n) is 13.8. The monoisotopic (exact) mass is 673 g/mol. The maximum absolute atomic E-state index is 12.8. The molecule has 0 radical (unpaired) electrons. The van der Waals surface area contributed by atoms with Crippen LogP contribution in [0.5, 0.6) is 0 Å². The van der Waals surface area contributed by atoms with E-state index in [-0.39, 0.29) is 12.1 Å². The fourth-order valence-electron chi connectivity index (χ4n) is 10.9. The summed E-state index contributed by atoms with van der Waals surface area (Å²) in [5.41, 5.74) is 2.48. The van der Waals surface area contributed by atoms with Crippen LogP contribution in [-0.4, -0.2) is 12.1 Å². The Morgan fingerprint density at radius 2 is 1.47 bits per heavy atom. The molecule has 2 heteroatoms. The number of fused-ring (bicyclic) bond motifs is 5. The van der Waals surface area contributed by atoms with Gasteiger partial charge in [0.2, 0.25) is 0 Å². The highest BCUT2D eigenvalue weighted by molar-refractivity contribution is 5.69. The molecule has 4 aliphatic carbocycles. The van der Waals surface area contributed by atoms with Gasteiger partial charge in [0, 0.05) is 12.8 Å². The topological polar surface area (TPSA) is 26.3 Å². The average Bonchev–Trinajstić information content (AvgIpc) is 3.43. The normalized spacial score (nSPS) is 32.2. The number of hydrogen-bond acceptors (Lipinski definition) is 2. The highest BCUT2D eigenvalue weighted by atomic mass is 16.5. The summed E-state index contributed by atoms with van der Waals surface area (Å²) in [6.07, 6.45) is 45.7. The van der Waals surface area contributed by atoms with Gasteiger partial charge in [0.05, 0.1) is 0 Å². The molecule has 0 aromatic heterocycles. The molecule has 0 bridgehead atoms. The predicted octanol–water partition coefficient (Wildman–Crippen LogP) is 14.1. The molecule has 276 valence electrons. The number of carbonyl (C=O) groups excluding carboxylic acids is 1. The fourth-order valence-corrected chi connectivity index (χ4v) is 10.9. The van der Waals surface area contributed by atoms with Gasteiger partial charge in [-0.05, 0) is 136 Å². The summed E-state index contributed by atoms with van der Waals surface area (Å²) in [5.74, 6) is 5.21. The second-order valence-corrected chi connectivity index (χ2v) is 17.6. The summed E-state index contributed by atoms with van der Waals surface area (Å²) in [7, 11) is 0. The highest BCUT2D eigenvalue weighted by Crippen LogP contribution is 2.67. The Hall–Kier alpha value is -1.83. The van der Waals surface area contributed by atoms with Crippen LogP contribution in [-0.2, 0) is 9.53 Å². The Labute approximate surface area is 303 Å². The van der Waals surface area contributed by atoms with E-state index in [1.54, 1.807) is 5.57 Å². The molecule has 0 heterocycles. The molecule has 0 N–H and O–H groups in total. The maximum atomic E-state index is 12.8. The van der Waals surface area contributed by atoms with Gasteiger partial charge in [0.1, 0.15) is 6.10 Å². The van der Waals surface area contributed by atoms with Crippen LogP contribution in [0, 0.1) is 46.3 Å². The minimum Gasteiger partial charge on any atom is -0.462 e. The van der Waals surface area contributed by atoms with Gasteiger partial charge >= 0.3 is 5.97 Å². The van der Waals surface area contributed by atoms with Crippen LogP contribution in [0.3, 0.4) is 0 Å². The molecule has 4 unspecified atom stereocenters. The van der Waals surface area contributed by atoms with Gasteiger partial charge in [-0.2, -0.15) is 0 Å². The zero-order chi connectivity index (χ0) is 35.1. The number of allylic oxidation sites excluding steroid dienone is 9. The highest BCUT2D eigenvalue weighted by Gasteiger charge is 2.59. The maximum Gasteiger partial charge on any atom is 0.306 e. The van der Waals surface area contributed by atoms with Crippen molar-refractivity contribution in [2.45, 2.75) is 182 Å². The molecule has 0 aromatic rings. The van der Waals surface area contributed by atoms with Crippen LogP contribution in [0.4, 0.5) is 0 Å². The molecule has 0 amide bonds. The van der Waals surface area contributed by atoms with Gasteiger partial charge in [-0.1, -0.05) is 134 Å². The summed E-state index contributed by atoms with van der Waals surface area (Å²) >= 11 is 0. The molecule has 2 nitrogen and oxygen atoms in total. The van der Waals surface area contributed by atoms with Gasteiger partial charge in [-0.25, -0.2) is 0 Å². The fraction of sp³-hybridized carbons (Fsp3) is 0.766. The van der Waals surface area contributed by atoms with Gasteiger partial charge in [0.25, 0.3) is 0 Å². The lowest BCUT2D eigenvalue weighted by molar-refractivity contribution is -0.151. The van der Waals surface area contributed by atoms with Crippen molar-refractivity contribution >= 4 is 5.97 Å². The van der Waals surface area contributed by atoms with E-state index in [0.717, 1.165) is 80.5 Å². The van der Waals surface area contributed by atoms with E-state index in [9.17, 15) is 4.79 Å². The summed E-state index contributed by atoms with van der Waals surface area (Å²) < 4.78 is 6.10. The van der Waals surface area contributed by atoms with E-state index in [4.69, 9.17) is 4.74 Å². The Balaban J connectivity index is 1.13. The van der Waals surface area contributed by atoms with Crippen molar-refractivity contribution in [1.82, 2.24) is 0 Å². The Morgan fingerprint density at radius 3 is 2.14 bits per heavy atom. The number of hydrogen-bond donors (Lipinski definition) is 0. The molecule has 4 aliphatic rings. The molecule has 0 aliphatic heterocycles. The minimum absolute atomic E-state index is 0.00622. The van der Waals surface area contributed by atoms with E-state index >= 15 is 0 Å². The van der Waals surface area contributed by atoms with Crippen molar-refractivity contribution < 1.29 is 9.53 Å². The zero-order valence-corrected chi connectivity index (χ0v) is 32.9. The first-order valence-corrected chi connectivity index (χ1v) is 21.2. The number of ether oxygens (including phenoxy) is 1. The summed E-state index contributed by atoms with van der Waals surface area (Å²) in [6.45, 7) is 14.9. The summed E-state index contributed by atoms with van der Waals surface area (Å²) in [6, 6.07) is 0. The van der Waals surface area contributed by atoms with Crippen molar-refractivity contribution in [3.63, 3.8) is 0 Å². The summed E-state index contributed by atoms with van der Waals surface area (Å²) in [5, 5.41) is 0. The van der Waals surface area contributed by atoms with Crippen LogP contribution in [0.1, 0.15) is 176 Å². The number of unbranched alkanes of at least 4 members (excludes halogenated alkanes) is 4. The molecular formula is C47H76O2. The number of rotatable bonds is 20. The third-order valence-corrected chi connectivity index (χ3v) is 13.8. The van der Waals surface area contributed by atoms with E-state index < -0.39 is 0 Å². The molecular weight excluding hydrogens is 597 g/mol. The van der Waals surface area contributed by atoms with Crippen LogP contribution < -0.4 is 0 Å². The van der Waals surface area contributed by atoms with Crippen LogP contribution in [0.2, 0.25) is 0 Å². The summed E-state index contributed by atoms with van der Waals surface area (Å²) in [4.78, 5) is 12.8. The molecule has 0 aromatic carbocycles. The second-order valence-electron chi connectivity index (χ2n) is 17.6. The average molecular weight is 673 g/mol. The van der Waals surface area contributed by atoms with Gasteiger partial charge in [-0.3, -0.25) is 4.79 Å². The smallest absolute Gasteiger partial charge is 0.306 e. The lowest BCUT2D eigenvalue weighted by atomic mass is 9.47. The lowest BCUT2D eigenvalue weighted by Crippen LogP contribution is -2.51. The minimum atomic E-state index is 0.00622.